The highest BCUT2D eigenvalue weighted by Gasteiger charge is 2.22. The molecule has 0 amide bonds. The lowest BCUT2D eigenvalue weighted by Gasteiger charge is -2.08. The van der Waals surface area contributed by atoms with E-state index in [0.717, 1.165) is 5.56 Å². The highest BCUT2D eigenvalue weighted by atomic mass is 32.2. The molecule has 1 aromatic heterocycles. The number of benzene rings is 2. The van der Waals surface area contributed by atoms with Crippen LogP contribution < -0.4 is 4.18 Å². The van der Waals surface area contributed by atoms with Crippen LogP contribution in [0.2, 0.25) is 0 Å². The van der Waals surface area contributed by atoms with E-state index in [2.05, 4.69) is 16.9 Å². The molecule has 0 radical (unpaired) electrons. The van der Waals surface area contributed by atoms with E-state index in [1.807, 2.05) is 0 Å². The molecule has 0 aliphatic rings. The summed E-state index contributed by atoms with van der Waals surface area (Å²) in [6.45, 7) is 3.67. The van der Waals surface area contributed by atoms with Crippen molar-refractivity contribution in [3.8, 4) is 5.75 Å². The molecule has 0 unspecified atom stereocenters. The molecule has 118 valence electrons. The molecule has 23 heavy (non-hydrogen) atoms. The highest BCUT2D eigenvalue weighted by molar-refractivity contribution is 7.87. The Morgan fingerprint density at radius 1 is 1.22 bits per heavy atom. The van der Waals surface area contributed by atoms with E-state index in [4.69, 9.17) is 4.18 Å². The summed E-state index contributed by atoms with van der Waals surface area (Å²) in [5, 5.41) is 7.75. The van der Waals surface area contributed by atoms with Gasteiger partial charge in [-0.3, -0.25) is 0 Å². The van der Waals surface area contributed by atoms with Gasteiger partial charge in [0, 0.05) is 7.05 Å². The molecule has 6 nitrogen and oxygen atoms in total. The molecule has 0 fully saturated rings. The minimum absolute atomic E-state index is 0.00160. The SMILES string of the molecule is C=CCc1ccc(OS(=O)(=O)c2cccc3c2nnn3C)cc1. The van der Waals surface area contributed by atoms with Crippen LogP contribution in [0.3, 0.4) is 0 Å². The van der Waals surface area contributed by atoms with Gasteiger partial charge in [0.25, 0.3) is 0 Å². The molecular formula is C16H15N3O3S. The Hall–Kier alpha value is -2.67. The summed E-state index contributed by atoms with van der Waals surface area (Å²) in [7, 11) is -2.29. The maximum atomic E-state index is 12.5. The zero-order valence-corrected chi connectivity index (χ0v) is 13.3. The summed E-state index contributed by atoms with van der Waals surface area (Å²) in [6, 6.07) is 11.7. The zero-order chi connectivity index (χ0) is 16.4. The average molecular weight is 329 g/mol. The fourth-order valence-electron chi connectivity index (χ4n) is 2.25. The number of fused-ring (bicyclic) bond motifs is 1. The van der Waals surface area contributed by atoms with Crippen molar-refractivity contribution < 1.29 is 12.6 Å². The van der Waals surface area contributed by atoms with Crippen LogP contribution in [0.5, 0.6) is 5.75 Å². The Morgan fingerprint density at radius 3 is 2.65 bits per heavy atom. The third-order valence-corrected chi connectivity index (χ3v) is 4.66. The molecule has 7 heteroatoms. The summed E-state index contributed by atoms with van der Waals surface area (Å²) in [4.78, 5) is -0.00160. The first-order valence-corrected chi connectivity index (χ1v) is 8.35. The molecule has 0 bridgehead atoms. The number of nitrogens with zero attached hydrogens (tertiary/aromatic N) is 3. The molecule has 3 aromatic rings. The van der Waals surface area contributed by atoms with Gasteiger partial charge >= 0.3 is 10.1 Å². The first-order valence-electron chi connectivity index (χ1n) is 6.94. The lowest BCUT2D eigenvalue weighted by molar-refractivity contribution is 0.487. The van der Waals surface area contributed by atoms with Gasteiger partial charge in [-0.25, -0.2) is 4.68 Å². The van der Waals surface area contributed by atoms with E-state index < -0.39 is 10.1 Å². The van der Waals surface area contributed by atoms with Gasteiger partial charge in [-0.1, -0.05) is 29.5 Å². The zero-order valence-electron chi connectivity index (χ0n) is 12.5. The van der Waals surface area contributed by atoms with Gasteiger partial charge in [0.15, 0.2) is 0 Å². The molecule has 0 saturated carbocycles. The summed E-state index contributed by atoms with van der Waals surface area (Å²) >= 11 is 0. The summed E-state index contributed by atoms with van der Waals surface area (Å²) < 4.78 is 31.8. The number of rotatable bonds is 5. The van der Waals surface area contributed by atoms with Crippen molar-refractivity contribution in [2.75, 3.05) is 0 Å². The second kappa shape index (κ2) is 5.85. The molecular weight excluding hydrogens is 314 g/mol. The lowest BCUT2D eigenvalue weighted by atomic mass is 10.1. The molecule has 0 saturated heterocycles. The number of aromatic nitrogens is 3. The van der Waals surface area contributed by atoms with Crippen LogP contribution in [0.25, 0.3) is 11.0 Å². The van der Waals surface area contributed by atoms with Gasteiger partial charge in [-0.15, -0.1) is 11.7 Å². The van der Waals surface area contributed by atoms with Crippen LogP contribution in [-0.2, 0) is 23.6 Å². The Bertz CT molecular complexity index is 960. The second-order valence-electron chi connectivity index (χ2n) is 5.01. The maximum absolute atomic E-state index is 12.5. The molecule has 2 aromatic carbocycles. The van der Waals surface area contributed by atoms with E-state index in [1.54, 1.807) is 49.5 Å². The largest absolute Gasteiger partial charge is 0.379 e. The van der Waals surface area contributed by atoms with Crippen molar-refractivity contribution in [1.29, 1.82) is 0 Å². The Kier molecular flexibility index (Phi) is 3.87. The van der Waals surface area contributed by atoms with Gasteiger partial charge < -0.3 is 4.18 Å². The third-order valence-electron chi connectivity index (χ3n) is 3.38. The molecule has 1 heterocycles. The van der Waals surface area contributed by atoms with Crippen LogP contribution in [0.1, 0.15) is 5.56 Å². The number of allylic oxidation sites excluding steroid dienone is 1. The fraction of sp³-hybridized carbons (Fsp3) is 0.125. The first kappa shape index (κ1) is 15.2. The van der Waals surface area contributed by atoms with Crippen molar-refractivity contribution in [1.82, 2.24) is 15.0 Å². The fourth-order valence-corrected chi connectivity index (χ4v) is 3.34. The van der Waals surface area contributed by atoms with Gasteiger partial charge in [-0.05, 0) is 36.2 Å². The quantitative estimate of drug-likeness (QED) is 0.531. The van der Waals surface area contributed by atoms with Crippen molar-refractivity contribution >= 4 is 21.2 Å². The van der Waals surface area contributed by atoms with E-state index in [-0.39, 0.29) is 10.6 Å². The highest BCUT2D eigenvalue weighted by Crippen LogP contribution is 2.24. The Balaban J connectivity index is 1.96. The summed E-state index contributed by atoms with van der Waals surface area (Å²) in [5.41, 5.74) is 1.94. The monoisotopic (exact) mass is 329 g/mol. The van der Waals surface area contributed by atoms with Gasteiger partial charge in [0.1, 0.15) is 16.2 Å². The first-order chi connectivity index (χ1) is 11.0. The minimum atomic E-state index is -3.99. The molecule has 0 N–H and O–H groups in total. The lowest BCUT2D eigenvalue weighted by Crippen LogP contribution is -2.10. The second-order valence-corrected chi connectivity index (χ2v) is 6.53. The Morgan fingerprint density at radius 2 is 1.96 bits per heavy atom. The van der Waals surface area contributed by atoms with Crippen molar-refractivity contribution in [3.05, 3.63) is 60.7 Å². The minimum Gasteiger partial charge on any atom is -0.379 e. The molecule has 0 aliphatic heterocycles. The average Bonchev–Trinajstić information content (AvgIpc) is 2.91. The van der Waals surface area contributed by atoms with E-state index >= 15 is 0 Å². The number of aryl methyl sites for hydroxylation is 1. The standard InChI is InChI=1S/C16H15N3O3S/c1-3-5-12-8-10-13(11-9-12)22-23(20,21)15-7-4-6-14-16(15)17-18-19(14)2/h3-4,6-11H,1,5H2,2H3. The van der Waals surface area contributed by atoms with Crippen molar-refractivity contribution in [2.24, 2.45) is 7.05 Å². The normalized spacial score (nSPS) is 11.5. The number of hydrogen-bond donors (Lipinski definition) is 0. The van der Waals surface area contributed by atoms with Gasteiger partial charge in [0.05, 0.1) is 5.52 Å². The van der Waals surface area contributed by atoms with E-state index in [9.17, 15) is 8.42 Å². The van der Waals surface area contributed by atoms with Crippen LogP contribution in [0.15, 0.2) is 60.0 Å². The predicted molar refractivity (Wildman–Crippen MR) is 86.7 cm³/mol. The van der Waals surface area contributed by atoms with Crippen molar-refractivity contribution in [3.63, 3.8) is 0 Å². The smallest absolute Gasteiger partial charge is 0.341 e. The predicted octanol–water partition coefficient (Wildman–Crippen LogP) is 2.46. The van der Waals surface area contributed by atoms with E-state index in [1.165, 1.54) is 10.7 Å². The summed E-state index contributed by atoms with van der Waals surface area (Å²) in [6.07, 6.45) is 2.49. The Labute approximate surface area is 134 Å². The number of hydrogen-bond acceptors (Lipinski definition) is 5. The molecule has 0 atom stereocenters. The van der Waals surface area contributed by atoms with Crippen molar-refractivity contribution in [2.45, 2.75) is 11.3 Å². The van der Waals surface area contributed by atoms with Gasteiger partial charge in [0.2, 0.25) is 0 Å². The third kappa shape index (κ3) is 2.95. The van der Waals surface area contributed by atoms with Crippen LogP contribution in [0.4, 0.5) is 0 Å². The summed E-state index contributed by atoms with van der Waals surface area (Å²) in [5.74, 6) is 0.249. The van der Waals surface area contributed by atoms with Crippen LogP contribution >= 0.6 is 0 Å². The van der Waals surface area contributed by atoms with Crippen LogP contribution in [-0.4, -0.2) is 23.4 Å². The molecule has 0 aliphatic carbocycles. The molecule has 3 rings (SSSR count). The van der Waals surface area contributed by atoms with E-state index in [0.29, 0.717) is 17.5 Å². The topological polar surface area (TPSA) is 74.1 Å². The maximum Gasteiger partial charge on any atom is 0.341 e. The molecule has 0 spiro atoms. The van der Waals surface area contributed by atoms with Crippen LogP contribution in [0, 0.1) is 0 Å². The van der Waals surface area contributed by atoms with Gasteiger partial charge in [-0.2, -0.15) is 8.42 Å².